The van der Waals surface area contributed by atoms with Crippen molar-refractivity contribution in [1.82, 2.24) is 4.90 Å². The van der Waals surface area contributed by atoms with Crippen molar-refractivity contribution >= 4 is 11.6 Å². The van der Waals surface area contributed by atoms with E-state index in [0.29, 0.717) is 5.91 Å². The van der Waals surface area contributed by atoms with Crippen LogP contribution in [0.2, 0.25) is 0 Å². The maximum Gasteiger partial charge on any atom is 0.225 e. The van der Waals surface area contributed by atoms with Gasteiger partial charge in [0, 0.05) is 37.8 Å². The predicted octanol–water partition coefficient (Wildman–Crippen LogP) is 3.56. The van der Waals surface area contributed by atoms with Gasteiger partial charge in [-0.05, 0) is 37.1 Å². The zero-order valence-electron chi connectivity index (χ0n) is 14.8. The molecule has 1 aliphatic heterocycles. The van der Waals surface area contributed by atoms with Gasteiger partial charge in [-0.3, -0.25) is 4.79 Å². The van der Waals surface area contributed by atoms with Crippen molar-refractivity contribution in [3.8, 4) is 5.75 Å². The Morgan fingerprint density at radius 3 is 2.30 bits per heavy atom. The summed E-state index contributed by atoms with van der Waals surface area (Å²) in [5.41, 5.74) is 1.20. The Morgan fingerprint density at radius 2 is 1.78 bits per heavy atom. The smallest absolute Gasteiger partial charge is 0.225 e. The second-order valence-electron chi connectivity index (χ2n) is 6.26. The molecule has 1 unspecified atom stereocenters. The Bertz CT molecular complexity index is 479. The molecule has 1 aliphatic rings. The fraction of sp³-hybridized carbons (Fsp3) is 0.632. The number of anilines is 1. The minimum atomic E-state index is 0.211. The number of ether oxygens (including phenoxy) is 1. The molecule has 0 radical (unpaired) electrons. The highest BCUT2D eigenvalue weighted by molar-refractivity contribution is 5.79. The van der Waals surface area contributed by atoms with Gasteiger partial charge in [0.15, 0.2) is 0 Å². The summed E-state index contributed by atoms with van der Waals surface area (Å²) >= 11 is 0. The third kappa shape index (κ3) is 4.63. The number of unbranched alkanes of at least 4 members (excludes halogenated alkanes) is 1. The van der Waals surface area contributed by atoms with Gasteiger partial charge >= 0.3 is 0 Å². The summed E-state index contributed by atoms with van der Waals surface area (Å²) in [5.74, 6) is 1.45. The normalized spacial score (nSPS) is 16.3. The summed E-state index contributed by atoms with van der Waals surface area (Å²) in [4.78, 5) is 17.1. The van der Waals surface area contributed by atoms with Gasteiger partial charge in [0.1, 0.15) is 5.75 Å². The third-order valence-corrected chi connectivity index (χ3v) is 4.78. The number of amides is 1. The van der Waals surface area contributed by atoms with Gasteiger partial charge in [-0.25, -0.2) is 0 Å². The molecule has 0 saturated carbocycles. The van der Waals surface area contributed by atoms with Crippen LogP contribution in [0.15, 0.2) is 24.3 Å². The Morgan fingerprint density at radius 1 is 1.13 bits per heavy atom. The SMILES string of the molecule is CCCCC(CC)C(=O)N1CCN(c2ccc(OC)cc2)CC1. The zero-order valence-corrected chi connectivity index (χ0v) is 14.8. The Hall–Kier alpha value is -1.71. The molecule has 1 saturated heterocycles. The molecule has 0 aromatic heterocycles. The summed E-state index contributed by atoms with van der Waals surface area (Å²) in [5, 5.41) is 0. The number of hydrogen-bond donors (Lipinski definition) is 0. The molecule has 4 heteroatoms. The van der Waals surface area contributed by atoms with Crippen LogP contribution in [0.5, 0.6) is 5.75 Å². The number of carbonyl (C=O) groups is 1. The fourth-order valence-electron chi connectivity index (χ4n) is 3.19. The van der Waals surface area contributed by atoms with Crippen molar-refractivity contribution in [3.05, 3.63) is 24.3 Å². The molecule has 1 heterocycles. The van der Waals surface area contributed by atoms with Crippen molar-refractivity contribution in [2.75, 3.05) is 38.2 Å². The molecule has 1 aromatic rings. The molecule has 1 aromatic carbocycles. The molecule has 0 bridgehead atoms. The van der Waals surface area contributed by atoms with Crippen LogP contribution in [0.3, 0.4) is 0 Å². The van der Waals surface area contributed by atoms with Crippen molar-refractivity contribution in [2.45, 2.75) is 39.5 Å². The standard InChI is InChI=1S/C19H30N2O2/c1-4-6-7-16(5-2)19(22)21-14-12-20(13-15-21)17-8-10-18(23-3)11-9-17/h8-11,16H,4-7,12-15H2,1-3H3. The van der Waals surface area contributed by atoms with Crippen LogP contribution >= 0.6 is 0 Å². The van der Waals surface area contributed by atoms with E-state index in [9.17, 15) is 4.79 Å². The van der Waals surface area contributed by atoms with Gasteiger partial charge in [-0.1, -0.05) is 26.7 Å². The second kappa shape index (κ2) is 8.80. The van der Waals surface area contributed by atoms with Crippen molar-refractivity contribution in [2.24, 2.45) is 5.92 Å². The van der Waals surface area contributed by atoms with E-state index < -0.39 is 0 Å². The van der Waals surface area contributed by atoms with Gasteiger partial charge in [0.05, 0.1) is 7.11 Å². The summed E-state index contributed by atoms with van der Waals surface area (Å²) < 4.78 is 5.20. The van der Waals surface area contributed by atoms with Gasteiger partial charge in [-0.2, -0.15) is 0 Å². The van der Waals surface area contributed by atoms with Crippen LogP contribution < -0.4 is 9.64 Å². The molecule has 4 nitrogen and oxygen atoms in total. The largest absolute Gasteiger partial charge is 0.497 e. The minimum Gasteiger partial charge on any atom is -0.497 e. The molecule has 1 atom stereocenters. The highest BCUT2D eigenvalue weighted by atomic mass is 16.5. The molecule has 2 rings (SSSR count). The molecule has 1 amide bonds. The average Bonchev–Trinajstić information content (AvgIpc) is 2.62. The molecule has 0 N–H and O–H groups in total. The van der Waals surface area contributed by atoms with Crippen molar-refractivity contribution in [3.63, 3.8) is 0 Å². The summed E-state index contributed by atoms with van der Waals surface area (Å²) in [6, 6.07) is 8.16. The molecular formula is C19H30N2O2. The minimum absolute atomic E-state index is 0.211. The zero-order chi connectivity index (χ0) is 16.7. The number of benzene rings is 1. The maximum atomic E-state index is 12.7. The van der Waals surface area contributed by atoms with Crippen molar-refractivity contribution < 1.29 is 9.53 Å². The van der Waals surface area contributed by atoms with E-state index in [1.165, 1.54) is 5.69 Å². The van der Waals surface area contributed by atoms with Crippen LogP contribution in [0.25, 0.3) is 0 Å². The molecule has 23 heavy (non-hydrogen) atoms. The first kappa shape index (κ1) is 17.6. The van der Waals surface area contributed by atoms with E-state index in [1.807, 2.05) is 12.1 Å². The van der Waals surface area contributed by atoms with E-state index in [1.54, 1.807) is 7.11 Å². The number of nitrogens with zero attached hydrogens (tertiary/aromatic N) is 2. The van der Waals surface area contributed by atoms with Gasteiger partial charge in [0.2, 0.25) is 5.91 Å². The Labute approximate surface area is 140 Å². The monoisotopic (exact) mass is 318 g/mol. The quantitative estimate of drug-likeness (QED) is 0.770. The van der Waals surface area contributed by atoms with E-state index >= 15 is 0 Å². The molecule has 0 aliphatic carbocycles. The Balaban J connectivity index is 1.88. The summed E-state index contributed by atoms with van der Waals surface area (Å²) in [7, 11) is 1.68. The van der Waals surface area contributed by atoms with Gasteiger partial charge in [-0.15, -0.1) is 0 Å². The lowest BCUT2D eigenvalue weighted by Crippen LogP contribution is -2.50. The van der Waals surface area contributed by atoms with Crippen LogP contribution in [0.4, 0.5) is 5.69 Å². The van der Waals surface area contributed by atoms with E-state index in [0.717, 1.165) is 57.6 Å². The first-order valence-electron chi connectivity index (χ1n) is 8.87. The van der Waals surface area contributed by atoms with Crippen molar-refractivity contribution in [1.29, 1.82) is 0 Å². The van der Waals surface area contributed by atoms with E-state index in [2.05, 4.69) is 35.8 Å². The second-order valence-corrected chi connectivity index (χ2v) is 6.26. The van der Waals surface area contributed by atoms with Gasteiger partial charge in [0.25, 0.3) is 0 Å². The van der Waals surface area contributed by atoms with E-state index in [4.69, 9.17) is 4.74 Å². The number of carbonyl (C=O) groups excluding carboxylic acids is 1. The lowest BCUT2D eigenvalue weighted by molar-refractivity contribution is -0.136. The topological polar surface area (TPSA) is 32.8 Å². The van der Waals surface area contributed by atoms with Crippen LogP contribution in [0, 0.1) is 5.92 Å². The van der Waals surface area contributed by atoms with Gasteiger partial charge < -0.3 is 14.5 Å². The lowest BCUT2D eigenvalue weighted by Gasteiger charge is -2.37. The average molecular weight is 318 g/mol. The Kier molecular flexibility index (Phi) is 6.75. The number of hydrogen-bond acceptors (Lipinski definition) is 3. The number of rotatable bonds is 7. The van der Waals surface area contributed by atoms with Crippen LogP contribution in [-0.2, 0) is 4.79 Å². The summed E-state index contributed by atoms with van der Waals surface area (Å²) in [6.45, 7) is 7.78. The van der Waals surface area contributed by atoms with Crippen LogP contribution in [-0.4, -0.2) is 44.1 Å². The third-order valence-electron chi connectivity index (χ3n) is 4.78. The fourth-order valence-corrected chi connectivity index (χ4v) is 3.19. The first-order chi connectivity index (χ1) is 11.2. The molecular weight excluding hydrogens is 288 g/mol. The highest BCUT2D eigenvalue weighted by Crippen LogP contribution is 2.22. The molecule has 128 valence electrons. The maximum absolute atomic E-state index is 12.7. The predicted molar refractivity (Wildman–Crippen MR) is 95.1 cm³/mol. The first-order valence-corrected chi connectivity index (χ1v) is 8.87. The number of methoxy groups -OCH3 is 1. The highest BCUT2D eigenvalue weighted by Gasteiger charge is 2.26. The summed E-state index contributed by atoms with van der Waals surface area (Å²) in [6.07, 6.45) is 4.30. The molecule has 0 spiro atoms. The molecule has 1 fully saturated rings. The van der Waals surface area contributed by atoms with E-state index in [-0.39, 0.29) is 5.92 Å². The number of piperazine rings is 1. The lowest BCUT2D eigenvalue weighted by atomic mass is 9.97. The van der Waals surface area contributed by atoms with Crippen LogP contribution in [0.1, 0.15) is 39.5 Å².